The number of anilines is 1. The molecule has 0 amide bonds. The molecular formula is C33H37FN8O. The van der Waals surface area contributed by atoms with Gasteiger partial charge in [-0.25, -0.2) is 9.37 Å². The number of methoxy groups -OCH3 is 1. The maximum Gasteiger partial charge on any atom is 0.318 e. The van der Waals surface area contributed by atoms with Gasteiger partial charge in [0.05, 0.1) is 30.6 Å². The van der Waals surface area contributed by atoms with Crippen LogP contribution < -0.4 is 9.64 Å². The van der Waals surface area contributed by atoms with Crippen LogP contribution in [0.5, 0.6) is 6.01 Å². The zero-order valence-corrected chi connectivity index (χ0v) is 25.2. The van der Waals surface area contributed by atoms with E-state index in [-0.39, 0.29) is 11.9 Å². The molecular weight excluding hydrogens is 543 g/mol. The number of likely N-dealkylation sites (N-methyl/N-ethyl adjacent to an activating group) is 1. The van der Waals surface area contributed by atoms with Gasteiger partial charge in [0.2, 0.25) is 0 Å². The standard InChI is InChI=1S/C33H37FN8O/c1-5-10-21-11-6-7-12-23(21)29-18-26-24(20-39(29)2)31(37-33(35-26)43-4)41-15-9-16-42-22(19-41)17-27(38-42)32-36-30-25(34)13-8-14-28(30)40(32)3/h6-8,11-14,17,29H,5,9-10,15-16,18-20H2,1-4H3. The number of aryl methyl sites for hydroxylation is 3. The zero-order chi connectivity index (χ0) is 29.7. The molecule has 1 unspecified atom stereocenters. The number of fused-ring (bicyclic) bond motifs is 3. The molecule has 0 radical (unpaired) electrons. The fraction of sp³-hybridized carbons (Fsp3) is 0.394. The second-order valence-corrected chi connectivity index (χ2v) is 11.7. The second kappa shape index (κ2) is 11.1. The third-order valence-electron chi connectivity index (χ3n) is 8.90. The Morgan fingerprint density at radius 2 is 1.86 bits per heavy atom. The molecule has 0 saturated heterocycles. The lowest BCUT2D eigenvalue weighted by Crippen LogP contribution is -2.35. The van der Waals surface area contributed by atoms with E-state index in [2.05, 4.69) is 63.8 Å². The van der Waals surface area contributed by atoms with E-state index in [1.807, 2.05) is 17.7 Å². The van der Waals surface area contributed by atoms with E-state index in [4.69, 9.17) is 19.8 Å². The Hall–Kier alpha value is -4.31. The number of ether oxygens (including phenoxy) is 1. The molecule has 0 spiro atoms. The molecule has 3 aromatic heterocycles. The molecule has 1 atom stereocenters. The summed E-state index contributed by atoms with van der Waals surface area (Å²) in [7, 11) is 5.75. The highest BCUT2D eigenvalue weighted by atomic mass is 19.1. The van der Waals surface area contributed by atoms with Crippen molar-refractivity contribution in [1.82, 2.24) is 34.2 Å². The highest BCUT2D eigenvalue weighted by Crippen LogP contribution is 2.38. The number of nitrogens with zero attached hydrogens (tertiary/aromatic N) is 8. The largest absolute Gasteiger partial charge is 0.467 e. The molecule has 5 aromatic rings. The van der Waals surface area contributed by atoms with Gasteiger partial charge in [0.25, 0.3) is 0 Å². The van der Waals surface area contributed by atoms with E-state index < -0.39 is 0 Å². The van der Waals surface area contributed by atoms with E-state index in [0.717, 1.165) is 79.3 Å². The number of hydrogen-bond acceptors (Lipinski definition) is 7. The van der Waals surface area contributed by atoms with E-state index in [1.165, 1.54) is 17.2 Å². The highest BCUT2D eigenvalue weighted by Gasteiger charge is 2.32. The lowest BCUT2D eigenvalue weighted by Gasteiger charge is -2.37. The van der Waals surface area contributed by atoms with Gasteiger partial charge in [-0.2, -0.15) is 15.1 Å². The Labute approximate surface area is 251 Å². The van der Waals surface area contributed by atoms with E-state index >= 15 is 0 Å². The van der Waals surface area contributed by atoms with Gasteiger partial charge >= 0.3 is 6.01 Å². The molecule has 2 aliphatic heterocycles. The minimum absolute atomic E-state index is 0.244. The predicted octanol–water partition coefficient (Wildman–Crippen LogP) is 5.47. The Morgan fingerprint density at radius 1 is 1.00 bits per heavy atom. The summed E-state index contributed by atoms with van der Waals surface area (Å²) >= 11 is 0. The smallest absolute Gasteiger partial charge is 0.318 e. The first-order valence-corrected chi connectivity index (χ1v) is 15.1. The van der Waals surface area contributed by atoms with Crippen molar-refractivity contribution in [1.29, 1.82) is 0 Å². The van der Waals surface area contributed by atoms with Gasteiger partial charge in [-0.05, 0) is 49.2 Å². The molecule has 7 rings (SSSR count). The monoisotopic (exact) mass is 580 g/mol. The molecule has 10 heteroatoms. The average molecular weight is 581 g/mol. The summed E-state index contributed by atoms with van der Waals surface area (Å²) in [5.41, 5.74) is 7.93. The van der Waals surface area contributed by atoms with Crippen LogP contribution in [0, 0.1) is 5.82 Å². The summed E-state index contributed by atoms with van der Waals surface area (Å²) in [6, 6.07) is 16.6. The van der Waals surface area contributed by atoms with Gasteiger partial charge in [0.15, 0.2) is 11.6 Å². The number of aromatic nitrogens is 6. The molecule has 0 aliphatic carbocycles. The molecule has 0 bridgehead atoms. The molecule has 0 saturated carbocycles. The lowest BCUT2D eigenvalue weighted by molar-refractivity contribution is 0.212. The molecule has 2 aliphatic rings. The summed E-state index contributed by atoms with van der Waals surface area (Å²) in [6.45, 7) is 5.26. The first-order valence-electron chi connectivity index (χ1n) is 15.1. The minimum atomic E-state index is -0.324. The number of benzene rings is 2. The Bertz CT molecular complexity index is 1810. The van der Waals surface area contributed by atoms with E-state index in [1.54, 1.807) is 13.2 Å². The molecule has 222 valence electrons. The normalized spacial score (nSPS) is 17.1. The Morgan fingerprint density at radius 3 is 2.67 bits per heavy atom. The molecule has 0 N–H and O–H groups in total. The Balaban J connectivity index is 1.23. The van der Waals surface area contributed by atoms with Crippen LogP contribution in [0.25, 0.3) is 22.6 Å². The molecule has 5 heterocycles. The maximum atomic E-state index is 14.5. The van der Waals surface area contributed by atoms with Crippen molar-refractivity contribution in [3.05, 3.63) is 82.4 Å². The zero-order valence-electron chi connectivity index (χ0n) is 25.2. The number of halogens is 1. The molecule has 43 heavy (non-hydrogen) atoms. The average Bonchev–Trinajstić information content (AvgIpc) is 3.50. The topological polar surface area (TPSA) is 77.1 Å². The van der Waals surface area contributed by atoms with Gasteiger partial charge in [0, 0.05) is 44.7 Å². The third-order valence-corrected chi connectivity index (χ3v) is 8.90. The van der Waals surface area contributed by atoms with Crippen molar-refractivity contribution >= 4 is 16.9 Å². The number of rotatable bonds is 6. The van der Waals surface area contributed by atoms with Crippen LogP contribution in [0.15, 0.2) is 48.5 Å². The first kappa shape index (κ1) is 27.5. The summed E-state index contributed by atoms with van der Waals surface area (Å²) < 4.78 is 24.1. The van der Waals surface area contributed by atoms with Crippen LogP contribution in [0.2, 0.25) is 0 Å². The van der Waals surface area contributed by atoms with Crippen molar-refractivity contribution in [3.63, 3.8) is 0 Å². The van der Waals surface area contributed by atoms with Crippen molar-refractivity contribution in [2.24, 2.45) is 7.05 Å². The van der Waals surface area contributed by atoms with Crippen molar-refractivity contribution in [2.45, 2.75) is 58.3 Å². The number of para-hydroxylation sites is 1. The molecule has 9 nitrogen and oxygen atoms in total. The van der Waals surface area contributed by atoms with Gasteiger partial charge in [-0.15, -0.1) is 0 Å². The quantitative estimate of drug-likeness (QED) is 0.264. The fourth-order valence-corrected chi connectivity index (χ4v) is 6.74. The molecule has 2 aromatic carbocycles. The van der Waals surface area contributed by atoms with Crippen LogP contribution in [-0.2, 0) is 39.5 Å². The van der Waals surface area contributed by atoms with E-state index in [9.17, 15) is 4.39 Å². The third kappa shape index (κ3) is 4.83. The fourth-order valence-electron chi connectivity index (χ4n) is 6.74. The minimum Gasteiger partial charge on any atom is -0.467 e. The van der Waals surface area contributed by atoms with Crippen LogP contribution >= 0.6 is 0 Å². The SMILES string of the molecule is CCCc1ccccc1C1Cc2nc(OC)nc(N3CCCn4nc(-c5nc6c(F)cccc6n5C)cc4C3)c2CN1C. The lowest BCUT2D eigenvalue weighted by atomic mass is 9.89. The van der Waals surface area contributed by atoms with Crippen LogP contribution in [0.4, 0.5) is 10.2 Å². The highest BCUT2D eigenvalue weighted by molar-refractivity contribution is 5.80. The van der Waals surface area contributed by atoms with Crippen molar-refractivity contribution in [2.75, 3.05) is 25.6 Å². The van der Waals surface area contributed by atoms with Crippen LogP contribution in [0.1, 0.15) is 53.9 Å². The summed E-state index contributed by atoms with van der Waals surface area (Å²) in [5, 5.41) is 4.91. The Kier molecular flexibility index (Phi) is 7.09. The number of hydrogen-bond donors (Lipinski definition) is 0. The van der Waals surface area contributed by atoms with Gasteiger partial charge in [0.1, 0.15) is 17.0 Å². The van der Waals surface area contributed by atoms with E-state index in [0.29, 0.717) is 23.9 Å². The van der Waals surface area contributed by atoms with Crippen LogP contribution in [0.3, 0.4) is 0 Å². The first-order chi connectivity index (χ1) is 20.9. The van der Waals surface area contributed by atoms with Crippen molar-refractivity contribution < 1.29 is 9.13 Å². The number of imidazole rings is 1. The van der Waals surface area contributed by atoms with Crippen LogP contribution in [-0.4, -0.2) is 54.9 Å². The summed E-state index contributed by atoms with van der Waals surface area (Å²) in [4.78, 5) is 19.2. The predicted molar refractivity (Wildman–Crippen MR) is 164 cm³/mol. The van der Waals surface area contributed by atoms with Crippen molar-refractivity contribution in [3.8, 4) is 17.5 Å². The van der Waals surface area contributed by atoms with Gasteiger partial charge in [-0.3, -0.25) is 9.58 Å². The summed E-state index contributed by atoms with van der Waals surface area (Å²) in [6.07, 6.45) is 3.90. The maximum absolute atomic E-state index is 14.5. The second-order valence-electron chi connectivity index (χ2n) is 11.7. The van der Waals surface area contributed by atoms with Gasteiger partial charge in [-0.1, -0.05) is 43.7 Å². The van der Waals surface area contributed by atoms with Gasteiger partial charge < -0.3 is 14.2 Å². The summed E-state index contributed by atoms with van der Waals surface area (Å²) in [5.74, 6) is 1.26. The molecule has 0 fully saturated rings.